The van der Waals surface area contributed by atoms with Gasteiger partial charge in [-0.2, -0.15) is 0 Å². The van der Waals surface area contributed by atoms with Crippen molar-refractivity contribution in [2.45, 2.75) is 44.2 Å². The fraction of sp³-hybridized carbons (Fsp3) is 0.391. The molecule has 2 aromatic rings. The Morgan fingerprint density at radius 1 is 1.03 bits per heavy atom. The van der Waals surface area contributed by atoms with Gasteiger partial charge in [0.15, 0.2) is 0 Å². The molecule has 3 N–H and O–H groups in total. The highest BCUT2D eigenvalue weighted by atomic mass is 32.2. The lowest BCUT2D eigenvalue weighted by Gasteiger charge is -2.29. The first-order valence-electron chi connectivity index (χ1n) is 10.6. The van der Waals surface area contributed by atoms with E-state index in [2.05, 4.69) is 10.0 Å². The van der Waals surface area contributed by atoms with Gasteiger partial charge >= 0.3 is 0 Å². The highest BCUT2D eigenvalue weighted by Gasteiger charge is 2.25. The fourth-order valence-corrected chi connectivity index (χ4v) is 4.23. The molecule has 2 rings (SSSR count). The van der Waals surface area contributed by atoms with E-state index in [1.54, 1.807) is 26.0 Å². The SMILES string of the molecule is CCNS(=O)(=O)c1ccc(CCC(=O)N(Cc2ccccc2)[C@@H](C)C(=O)NCCO)cc1. The second kappa shape index (κ2) is 12.3. The lowest BCUT2D eigenvalue weighted by molar-refractivity contribution is -0.140. The monoisotopic (exact) mass is 461 g/mol. The number of sulfonamides is 1. The van der Waals surface area contributed by atoms with Gasteiger partial charge in [0.25, 0.3) is 0 Å². The minimum atomic E-state index is -3.52. The van der Waals surface area contributed by atoms with Crippen LogP contribution in [0.1, 0.15) is 31.4 Å². The predicted molar refractivity (Wildman–Crippen MR) is 122 cm³/mol. The molecule has 0 aromatic heterocycles. The largest absolute Gasteiger partial charge is 0.395 e. The third-order valence-electron chi connectivity index (χ3n) is 4.97. The average molecular weight is 462 g/mol. The molecule has 0 unspecified atom stereocenters. The number of hydrogen-bond acceptors (Lipinski definition) is 5. The summed E-state index contributed by atoms with van der Waals surface area (Å²) in [5.41, 5.74) is 1.73. The zero-order valence-electron chi connectivity index (χ0n) is 18.5. The standard InChI is InChI=1S/C23H31N3O5S/c1-3-25-32(30,31)21-12-9-19(10-13-21)11-14-22(28)26(17-20-7-5-4-6-8-20)18(2)23(29)24-15-16-27/h4-10,12-13,18,25,27H,3,11,14-17H2,1-2H3,(H,24,29)/t18-/m0/s1. The first-order chi connectivity index (χ1) is 15.3. The van der Waals surface area contributed by atoms with Crippen molar-refractivity contribution in [2.75, 3.05) is 19.7 Å². The normalized spacial score (nSPS) is 12.2. The summed E-state index contributed by atoms with van der Waals surface area (Å²) in [6.07, 6.45) is 0.584. The average Bonchev–Trinajstić information content (AvgIpc) is 2.80. The van der Waals surface area contributed by atoms with Crippen LogP contribution in [-0.2, 0) is 32.6 Å². The van der Waals surface area contributed by atoms with Crippen molar-refractivity contribution in [3.05, 3.63) is 65.7 Å². The van der Waals surface area contributed by atoms with E-state index in [4.69, 9.17) is 5.11 Å². The van der Waals surface area contributed by atoms with Crippen LogP contribution in [0.4, 0.5) is 0 Å². The Balaban J connectivity index is 2.09. The van der Waals surface area contributed by atoms with Crippen LogP contribution in [0.5, 0.6) is 0 Å². The quantitative estimate of drug-likeness (QED) is 0.442. The number of nitrogens with one attached hydrogen (secondary N) is 2. The maximum atomic E-state index is 13.0. The minimum Gasteiger partial charge on any atom is -0.395 e. The summed E-state index contributed by atoms with van der Waals surface area (Å²) in [7, 11) is -3.52. The van der Waals surface area contributed by atoms with E-state index in [9.17, 15) is 18.0 Å². The van der Waals surface area contributed by atoms with Gasteiger partial charge < -0.3 is 15.3 Å². The third kappa shape index (κ3) is 7.44. The first-order valence-corrected chi connectivity index (χ1v) is 12.1. The number of carbonyl (C=O) groups excluding carboxylic acids is 2. The van der Waals surface area contributed by atoms with E-state index < -0.39 is 16.1 Å². The number of aryl methyl sites for hydroxylation is 1. The lowest BCUT2D eigenvalue weighted by Crippen LogP contribution is -2.48. The molecule has 0 fully saturated rings. The number of benzene rings is 2. The summed E-state index contributed by atoms with van der Waals surface area (Å²) in [6, 6.07) is 15.1. The maximum absolute atomic E-state index is 13.0. The van der Waals surface area contributed by atoms with Crippen LogP contribution >= 0.6 is 0 Å². The molecule has 0 spiro atoms. The molecule has 0 radical (unpaired) electrons. The van der Waals surface area contributed by atoms with Crippen LogP contribution < -0.4 is 10.0 Å². The molecular formula is C23H31N3O5S. The molecule has 0 aliphatic carbocycles. The second-order valence-corrected chi connectivity index (χ2v) is 9.11. The first kappa shape index (κ1) is 25.5. The zero-order chi connectivity index (χ0) is 23.6. The highest BCUT2D eigenvalue weighted by Crippen LogP contribution is 2.15. The Kier molecular flexibility index (Phi) is 9.83. The van der Waals surface area contributed by atoms with E-state index in [1.807, 2.05) is 30.3 Å². The summed E-state index contributed by atoms with van der Waals surface area (Å²) in [5, 5.41) is 11.6. The summed E-state index contributed by atoms with van der Waals surface area (Å²) in [6.45, 7) is 3.91. The molecule has 0 bridgehead atoms. The van der Waals surface area contributed by atoms with Gasteiger partial charge in [0, 0.05) is 26.1 Å². The van der Waals surface area contributed by atoms with Gasteiger partial charge in [-0.25, -0.2) is 13.1 Å². The number of hydrogen-bond donors (Lipinski definition) is 3. The minimum absolute atomic E-state index is 0.124. The van der Waals surface area contributed by atoms with E-state index >= 15 is 0 Å². The molecule has 0 aliphatic rings. The number of nitrogens with zero attached hydrogens (tertiary/aromatic N) is 1. The van der Waals surface area contributed by atoms with Crippen molar-refractivity contribution in [3.63, 3.8) is 0 Å². The van der Waals surface area contributed by atoms with Crippen molar-refractivity contribution >= 4 is 21.8 Å². The smallest absolute Gasteiger partial charge is 0.242 e. The molecule has 174 valence electrons. The summed E-state index contributed by atoms with van der Waals surface area (Å²) < 4.78 is 26.6. The van der Waals surface area contributed by atoms with Crippen LogP contribution in [0.25, 0.3) is 0 Å². The highest BCUT2D eigenvalue weighted by molar-refractivity contribution is 7.89. The van der Waals surface area contributed by atoms with Gasteiger partial charge in [-0.3, -0.25) is 9.59 Å². The molecular weight excluding hydrogens is 430 g/mol. The summed E-state index contributed by atoms with van der Waals surface area (Å²) in [4.78, 5) is 27.2. The van der Waals surface area contributed by atoms with E-state index in [0.29, 0.717) is 13.0 Å². The van der Waals surface area contributed by atoms with Crippen molar-refractivity contribution in [2.24, 2.45) is 0 Å². The van der Waals surface area contributed by atoms with Gasteiger partial charge in [-0.1, -0.05) is 49.4 Å². The van der Waals surface area contributed by atoms with Gasteiger partial charge in [-0.05, 0) is 36.6 Å². The molecule has 0 heterocycles. The molecule has 1 atom stereocenters. The lowest BCUT2D eigenvalue weighted by atomic mass is 10.1. The number of aliphatic hydroxyl groups excluding tert-OH is 1. The van der Waals surface area contributed by atoms with Gasteiger partial charge in [-0.15, -0.1) is 0 Å². The fourth-order valence-electron chi connectivity index (χ4n) is 3.19. The Bertz CT molecular complexity index is 978. The third-order valence-corrected chi connectivity index (χ3v) is 6.53. The van der Waals surface area contributed by atoms with E-state index in [1.165, 1.54) is 17.0 Å². The number of carbonyl (C=O) groups is 2. The van der Waals surface area contributed by atoms with Crippen molar-refractivity contribution in [3.8, 4) is 0 Å². The van der Waals surface area contributed by atoms with Crippen LogP contribution in [0.2, 0.25) is 0 Å². The Hall–Kier alpha value is -2.75. The number of rotatable bonds is 12. The van der Waals surface area contributed by atoms with E-state index in [0.717, 1.165) is 11.1 Å². The zero-order valence-corrected chi connectivity index (χ0v) is 19.3. The molecule has 8 nitrogen and oxygen atoms in total. The maximum Gasteiger partial charge on any atom is 0.242 e. The van der Waals surface area contributed by atoms with Crippen LogP contribution in [0.3, 0.4) is 0 Å². The van der Waals surface area contributed by atoms with Crippen LogP contribution in [0.15, 0.2) is 59.5 Å². The van der Waals surface area contributed by atoms with Gasteiger partial charge in [0.2, 0.25) is 21.8 Å². The topological polar surface area (TPSA) is 116 Å². The van der Waals surface area contributed by atoms with Crippen LogP contribution in [0, 0.1) is 0 Å². The summed E-state index contributed by atoms with van der Waals surface area (Å²) in [5.74, 6) is -0.522. The van der Waals surface area contributed by atoms with Crippen molar-refractivity contribution in [1.82, 2.24) is 14.9 Å². The van der Waals surface area contributed by atoms with Crippen LogP contribution in [-0.4, -0.2) is 56.0 Å². The number of aliphatic hydroxyl groups is 1. The molecule has 32 heavy (non-hydrogen) atoms. The van der Waals surface area contributed by atoms with Crippen molar-refractivity contribution in [1.29, 1.82) is 0 Å². The second-order valence-electron chi connectivity index (χ2n) is 7.34. The predicted octanol–water partition coefficient (Wildman–Crippen LogP) is 1.44. The van der Waals surface area contributed by atoms with Gasteiger partial charge in [0.05, 0.1) is 11.5 Å². The molecule has 0 aliphatic heterocycles. The molecule has 2 aromatic carbocycles. The summed E-state index contributed by atoms with van der Waals surface area (Å²) >= 11 is 0. The van der Waals surface area contributed by atoms with E-state index in [-0.39, 0.29) is 42.8 Å². The van der Waals surface area contributed by atoms with Gasteiger partial charge in [0.1, 0.15) is 6.04 Å². The Morgan fingerprint density at radius 3 is 2.28 bits per heavy atom. The molecule has 0 saturated carbocycles. The Morgan fingerprint density at radius 2 is 1.69 bits per heavy atom. The van der Waals surface area contributed by atoms with Crippen molar-refractivity contribution < 1.29 is 23.1 Å². The molecule has 2 amide bonds. The number of amides is 2. The molecule has 0 saturated heterocycles. The Labute approximate surface area is 189 Å². The molecule has 9 heteroatoms.